The molecule has 1 saturated heterocycles. The van der Waals surface area contributed by atoms with Crippen LogP contribution in [0.5, 0.6) is 0 Å². The number of hydrogen-bond acceptors (Lipinski definition) is 4. The number of benzene rings is 1. The molecule has 0 unspecified atom stereocenters. The van der Waals surface area contributed by atoms with Crippen molar-refractivity contribution >= 4 is 17.4 Å². The summed E-state index contributed by atoms with van der Waals surface area (Å²) in [6.07, 6.45) is 0.910. The fourth-order valence-corrected chi connectivity index (χ4v) is 1.80. The highest BCUT2D eigenvalue weighted by Crippen LogP contribution is 2.15. The van der Waals surface area contributed by atoms with E-state index in [4.69, 9.17) is 0 Å². The number of amides is 2. The van der Waals surface area contributed by atoms with E-state index in [0.717, 1.165) is 19.5 Å². The van der Waals surface area contributed by atoms with Crippen molar-refractivity contribution in [3.8, 4) is 0 Å². The average Bonchev–Trinajstić information content (AvgIpc) is 2.82. The van der Waals surface area contributed by atoms with E-state index in [1.807, 2.05) is 0 Å². The van der Waals surface area contributed by atoms with Gasteiger partial charge in [0.2, 0.25) is 0 Å². The van der Waals surface area contributed by atoms with Crippen LogP contribution in [0.3, 0.4) is 0 Å². The van der Waals surface area contributed by atoms with Crippen LogP contribution in [0.25, 0.3) is 0 Å². The Bertz CT molecular complexity index is 440. The fourth-order valence-electron chi connectivity index (χ4n) is 1.80. The van der Waals surface area contributed by atoms with Crippen LogP contribution in [-0.2, 0) is 0 Å². The van der Waals surface area contributed by atoms with Gasteiger partial charge in [0.05, 0.1) is 4.92 Å². The Kier molecular flexibility index (Phi) is 3.73. The molecule has 0 bridgehead atoms. The van der Waals surface area contributed by atoms with Crippen LogP contribution >= 0.6 is 0 Å². The second-order valence-corrected chi connectivity index (χ2v) is 4.09. The van der Waals surface area contributed by atoms with Crippen LogP contribution in [0.1, 0.15) is 6.42 Å². The number of nitro benzene ring substituents is 1. The summed E-state index contributed by atoms with van der Waals surface area (Å²) < 4.78 is 0. The van der Waals surface area contributed by atoms with Crippen LogP contribution in [0.2, 0.25) is 0 Å². The molecule has 0 aliphatic carbocycles. The third-order valence-corrected chi connectivity index (χ3v) is 2.73. The largest absolute Gasteiger partial charge is 0.334 e. The third-order valence-electron chi connectivity index (χ3n) is 2.73. The predicted molar refractivity (Wildman–Crippen MR) is 66.5 cm³/mol. The first-order chi connectivity index (χ1) is 8.65. The summed E-state index contributed by atoms with van der Waals surface area (Å²) >= 11 is 0. The van der Waals surface area contributed by atoms with Gasteiger partial charge >= 0.3 is 6.03 Å². The van der Waals surface area contributed by atoms with Gasteiger partial charge in [0.1, 0.15) is 0 Å². The molecule has 0 radical (unpaired) electrons. The lowest BCUT2D eigenvalue weighted by Gasteiger charge is -2.12. The van der Waals surface area contributed by atoms with E-state index in [1.165, 1.54) is 24.3 Å². The molecule has 0 aromatic heterocycles. The van der Waals surface area contributed by atoms with Gasteiger partial charge in [-0.15, -0.1) is 0 Å². The molecule has 0 saturated carbocycles. The molecular formula is C11H14N4O3. The average molecular weight is 250 g/mol. The number of nitrogens with zero attached hydrogens (tertiary/aromatic N) is 1. The number of carbonyl (C=O) groups excluding carboxylic acids is 1. The van der Waals surface area contributed by atoms with Gasteiger partial charge in [-0.05, 0) is 25.1 Å². The summed E-state index contributed by atoms with van der Waals surface area (Å²) in [5, 5.41) is 19.1. The van der Waals surface area contributed by atoms with Crippen molar-refractivity contribution in [1.29, 1.82) is 0 Å². The number of nitrogens with one attached hydrogen (secondary N) is 3. The first kappa shape index (κ1) is 12.3. The van der Waals surface area contributed by atoms with Gasteiger partial charge < -0.3 is 16.0 Å². The van der Waals surface area contributed by atoms with E-state index in [-0.39, 0.29) is 17.8 Å². The van der Waals surface area contributed by atoms with E-state index >= 15 is 0 Å². The SMILES string of the molecule is O=C(Nc1ccc([N+](=O)[O-])cc1)N[C@H]1CCNC1. The van der Waals surface area contributed by atoms with Gasteiger partial charge in [-0.1, -0.05) is 0 Å². The van der Waals surface area contributed by atoms with Crippen LogP contribution in [0.4, 0.5) is 16.2 Å². The molecule has 0 spiro atoms. The molecule has 1 aromatic rings. The zero-order chi connectivity index (χ0) is 13.0. The molecule has 1 aliphatic rings. The molecule has 3 N–H and O–H groups in total. The van der Waals surface area contributed by atoms with Gasteiger partial charge in [0.15, 0.2) is 0 Å². The first-order valence-electron chi connectivity index (χ1n) is 5.68. The van der Waals surface area contributed by atoms with Crippen LogP contribution in [0, 0.1) is 10.1 Å². The van der Waals surface area contributed by atoms with Crippen LogP contribution in [-0.4, -0.2) is 30.1 Å². The molecule has 2 rings (SSSR count). The van der Waals surface area contributed by atoms with Crippen molar-refractivity contribution in [2.24, 2.45) is 0 Å². The summed E-state index contributed by atoms with van der Waals surface area (Å²) in [4.78, 5) is 21.6. The normalized spacial score (nSPS) is 18.3. The Hall–Kier alpha value is -2.15. The Morgan fingerprint density at radius 2 is 2.11 bits per heavy atom. The molecule has 2 amide bonds. The summed E-state index contributed by atoms with van der Waals surface area (Å²) in [7, 11) is 0. The minimum absolute atomic E-state index is 0.000881. The number of carbonyl (C=O) groups is 1. The molecule has 7 heteroatoms. The lowest BCUT2D eigenvalue weighted by Crippen LogP contribution is -2.39. The minimum Gasteiger partial charge on any atom is -0.334 e. The molecule has 1 aromatic carbocycles. The second-order valence-electron chi connectivity index (χ2n) is 4.09. The van der Waals surface area contributed by atoms with Gasteiger partial charge in [-0.3, -0.25) is 10.1 Å². The molecule has 18 heavy (non-hydrogen) atoms. The molecule has 7 nitrogen and oxygen atoms in total. The highest BCUT2D eigenvalue weighted by molar-refractivity contribution is 5.89. The van der Waals surface area contributed by atoms with E-state index in [9.17, 15) is 14.9 Å². The number of nitro groups is 1. The quantitative estimate of drug-likeness (QED) is 0.552. The number of hydrogen-bond donors (Lipinski definition) is 3. The Balaban J connectivity index is 1.88. The van der Waals surface area contributed by atoms with Crippen LogP contribution < -0.4 is 16.0 Å². The van der Waals surface area contributed by atoms with Gasteiger partial charge in [0, 0.05) is 30.4 Å². The van der Waals surface area contributed by atoms with Crippen molar-refractivity contribution < 1.29 is 9.72 Å². The topological polar surface area (TPSA) is 96.3 Å². The van der Waals surface area contributed by atoms with Gasteiger partial charge in [-0.25, -0.2) is 4.79 Å². The third kappa shape index (κ3) is 3.17. The lowest BCUT2D eigenvalue weighted by atomic mass is 10.2. The molecular weight excluding hydrogens is 236 g/mol. The van der Waals surface area contributed by atoms with Crippen molar-refractivity contribution in [2.45, 2.75) is 12.5 Å². The van der Waals surface area contributed by atoms with E-state index < -0.39 is 4.92 Å². The zero-order valence-electron chi connectivity index (χ0n) is 9.68. The number of rotatable bonds is 3. The van der Waals surface area contributed by atoms with Crippen molar-refractivity contribution in [2.75, 3.05) is 18.4 Å². The highest BCUT2D eigenvalue weighted by Gasteiger charge is 2.16. The Morgan fingerprint density at radius 3 is 2.67 bits per heavy atom. The summed E-state index contributed by atoms with van der Waals surface area (Å²) in [6.45, 7) is 1.68. The van der Waals surface area contributed by atoms with Crippen LogP contribution in [0.15, 0.2) is 24.3 Å². The standard InChI is InChI=1S/C11H14N4O3/c16-11(14-9-5-6-12-7-9)13-8-1-3-10(4-2-8)15(17)18/h1-4,9,12H,5-7H2,(H2,13,14,16)/t9-/m0/s1. The van der Waals surface area contributed by atoms with Gasteiger partial charge in [-0.2, -0.15) is 0 Å². The molecule has 1 atom stereocenters. The maximum atomic E-state index is 11.6. The number of non-ortho nitro benzene ring substituents is 1. The minimum atomic E-state index is -0.478. The highest BCUT2D eigenvalue weighted by atomic mass is 16.6. The van der Waals surface area contributed by atoms with Gasteiger partial charge in [0.25, 0.3) is 5.69 Å². The van der Waals surface area contributed by atoms with Crippen molar-refractivity contribution in [1.82, 2.24) is 10.6 Å². The predicted octanol–water partition coefficient (Wildman–Crippen LogP) is 1.08. The van der Waals surface area contributed by atoms with Crippen molar-refractivity contribution in [3.05, 3.63) is 34.4 Å². The van der Waals surface area contributed by atoms with E-state index in [1.54, 1.807) is 0 Å². The fraction of sp³-hybridized carbons (Fsp3) is 0.364. The molecule has 1 heterocycles. The molecule has 1 fully saturated rings. The molecule has 96 valence electrons. The maximum Gasteiger partial charge on any atom is 0.319 e. The number of urea groups is 1. The summed E-state index contributed by atoms with van der Waals surface area (Å²) in [5.74, 6) is 0. The Morgan fingerprint density at radius 1 is 1.39 bits per heavy atom. The maximum absolute atomic E-state index is 11.6. The first-order valence-corrected chi connectivity index (χ1v) is 5.68. The smallest absolute Gasteiger partial charge is 0.319 e. The van der Waals surface area contributed by atoms with E-state index in [0.29, 0.717) is 5.69 Å². The monoisotopic (exact) mass is 250 g/mol. The van der Waals surface area contributed by atoms with E-state index in [2.05, 4.69) is 16.0 Å². The molecule has 1 aliphatic heterocycles. The second kappa shape index (κ2) is 5.46. The van der Waals surface area contributed by atoms with Crippen molar-refractivity contribution in [3.63, 3.8) is 0 Å². The zero-order valence-corrected chi connectivity index (χ0v) is 9.68. The Labute approximate surface area is 104 Å². The number of anilines is 1. The summed E-state index contributed by atoms with van der Waals surface area (Å²) in [6, 6.07) is 5.56. The summed E-state index contributed by atoms with van der Waals surface area (Å²) in [5.41, 5.74) is 0.532. The lowest BCUT2D eigenvalue weighted by molar-refractivity contribution is -0.384.